The van der Waals surface area contributed by atoms with Crippen LogP contribution in [0.1, 0.15) is 31.4 Å². The molecule has 29 heavy (non-hydrogen) atoms. The molecule has 1 atom stereocenters. The predicted molar refractivity (Wildman–Crippen MR) is 119 cm³/mol. The van der Waals surface area contributed by atoms with Crippen LogP contribution in [0.3, 0.4) is 0 Å². The third-order valence-electron chi connectivity index (χ3n) is 4.85. The minimum Gasteiger partial charge on any atom is -0.457 e. The van der Waals surface area contributed by atoms with Gasteiger partial charge in [-0.2, -0.15) is 0 Å². The van der Waals surface area contributed by atoms with Gasteiger partial charge in [-0.3, -0.25) is 4.79 Å². The van der Waals surface area contributed by atoms with Crippen molar-refractivity contribution < 1.29 is 9.53 Å². The molecule has 0 aliphatic carbocycles. The van der Waals surface area contributed by atoms with Crippen LogP contribution in [-0.4, -0.2) is 16.8 Å². The summed E-state index contributed by atoms with van der Waals surface area (Å²) in [6.45, 7) is 4.72. The minimum atomic E-state index is 0.0117. The Labute approximate surface area is 173 Å². The minimum absolute atomic E-state index is 0.0117. The van der Waals surface area contributed by atoms with Crippen LogP contribution in [0.15, 0.2) is 91.0 Å². The smallest absolute Gasteiger partial charge is 0.247 e. The fourth-order valence-corrected chi connectivity index (χ4v) is 3.03. The zero-order chi connectivity index (χ0) is 20.5. The zero-order valence-electron chi connectivity index (χ0n) is 17.0. The maximum absolute atomic E-state index is 12.9. The number of amides is 1. The van der Waals surface area contributed by atoms with E-state index in [1.165, 1.54) is 0 Å². The monoisotopic (exact) mass is 385 g/mol. The highest BCUT2D eigenvalue weighted by molar-refractivity contribution is 5.92. The van der Waals surface area contributed by atoms with Gasteiger partial charge in [-0.15, -0.1) is 0 Å². The van der Waals surface area contributed by atoms with E-state index in [0.717, 1.165) is 29.0 Å². The molecule has 0 heterocycles. The summed E-state index contributed by atoms with van der Waals surface area (Å²) in [5.41, 5.74) is 2.06. The van der Waals surface area contributed by atoms with Gasteiger partial charge in [0.25, 0.3) is 0 Å². The van der Waals surface area contributed by atoms with Crippen LogP contribution in [0, 0.1) is 0 Å². The standard InChI is InChI=1S/C26H27NO2/c1-3-21(2)27(26(28)18-17-22-11-6-4-7-12-22)20-23-13-10-16-25(19-23)29-24-14-8-5-9-15-24/h4-19,21H,3,20H2,1-2H3/b18-17+. The number of carbonyl (C=O) groups is 1. The highest BCUT2D eigenvalue weighted by Gasteiger charge is 2.17. The summed E-state index contributed by atoms with van der Waals surface area (Å²) < 4.78 is 5.94. The van der Waals surface area contributed by atoms with Gasteiger partial charge in [0.15, 0.2) is 0 Å². The first-order chi connectivity index (χ1) is 14.2. The lowest BCUT2D eigenvalue weighted by atomic mass is 10.1. The summed E-state index contributed by atoms with van der Waals surface area (Å²) in [6, 6.07) is 27.6. The molecule has 3 heteroatoms. The molecular weight excluding hydrogens is 358 g/mol. The molecule has 3 aromatic rings. The Morgan fingerprint density at radius 2 is 1.59 bits per heavy atom. The van der Waals surface area contributed by atoms with Gasteiger partial charge in [-0.05, 0) is 54.8 Å². The van der Waals surface area contributed by atoms with Gasteiger partial charge >= 0.3 is 0 Å². The fourth-order valence-electron chi connectivity index (χ4n) is 3.03. The molecule has 3 nitrogen and oxygen atoms in total. The molecule has 0 fully saturated rings. The van der Waals surface area contributed by atoms with E-state index in [2.05, 4.69) is 13.8 Å². The SMILES string of the molecule is CCC(C)N(Cc1cccc(Oc2ccccc2)c1)C(=O)/C=C/c1ccccc1. The molecule has 0 aliphatic rings. The van der Waals surface area contributed by atoms with Crippen LogP contribution in [0.25, 0.3) is 6.08 Å². The Kier molecular flexibility index (Phi) is 7.23. The van der Waals surface area contributed by atoms with E-state index in [9.17, 15) is 4.79 Å². The molecule has 0 saturated carbocycles. The van der Waals surface area contributed by atoms with E-state index in [1.54, 1.807) is 6.08 Å². The van der Waals surface area contributed by atoms with E-state index < -0.39 is 0 Å². The normalized spacial score (nSPS) is 11.9. The molecule has 0 N–H and O–H groups in total. The number of nitrogens with zero attached hydrogens (tertiary/aromatic N) is 1. The van der Waals surface area contributed by atoms with Gasteiger partial charge in [-0.1, -0.05) is 67.6 Å². The molecule has 0 aromatic heterocycles. The van der Waals surface area contributed by atoms with E-state index in [4.69, 9.17) is 4.74 Å². The largest absolute Gasteiger partial charge is 0.457 e. The fraction of sp³-hybridized carbons (Fsp3) is 0.192. The van der Waals surface area contributed by atoms with E-state index in [0.29, 0.717) is 6.54 Å². The number of rotatable bonds is 8. The lowest BCUT2D eigenvalue weighted by Gasteiger charge is -2.28. The Balaban J connectivity index is 1.74. The average Bonchev–Trinajstić information content (AvgIpc) is 2.77. The quantitative estimate of drug-likeness (QED) is 0.425. The first-order valence-corrected chi connectivity index (χ1v) is 10.0. The second-order valence-corrected chi connectivity index (χ2v) is 7.03. The molecule has 0 spiro atoms. The summed E-state index contributed by atoms with van der Waals surface area (Å²) in [5, 5.41) is 0. The number of carbonyl (C=O) groups excluding carboxylic acids is 1. The van der Waals surface area contributed by atoms with Crippen molar-refractivity contribution in [1.82, 2.24) is 4.90 Å². The number of hydrogen-bond donors (Lipinski definition) is 0. The lowest BCUT2D eigenvalue weighted by molar-refractivity contribution is -0.128. The maximum atomic E-state index is 12.9. The summed E-state index contributed by atoms with van der Waals surface area (Å²) >= 11 is 0. The van der Waals surface area contributed by atoms with Crippen LogP contribution >= 0.6 is 0 Å². The van der Waals surface area contributed by atoms with E-state index >= 15 is 0 Å². The van der Waals surface area contributed by atoms with Crippen LogP contribution < -0.4 is 4.74 Å². The van der Waals surface area contributed by atoms with Crippen molar-refractivity contribution in [3.63, 3.8) is 0 Å². The molecule has 0 bridgehead atoms. The van der Waals surface area contributed by atoms with Gasteiger partial charge in [-0.25, -0.2) is 0 Å². The molecule has 1 unspecified atom stereocenters. The van der Waals surface area contributed by atoms with E-state index in [-0.39, 0.29) is 11.9 Å². The first kappa shape index (κ1) is 20.4. The summed E-state index contributed by atoms with van der Waals surface area (Å²) in [7, 11) is 0. The molecule has 0 radical (unpaired) electrons. The molecule has 1 amide bonds. The van der Waals surface area contributed by atoms with Crippen molar-refractivity contribution in [1.29, 1.82) is 0 Å². The number of ether oxygens (including phenoxy) is 1. The Bertz CT molecular complexity index is 935. The summed E-state index contributed by atoms with van der Waals surface area (Å²) in [6.07, 6.45) is 4.42. The average molecular weight is 386 g/mol. The van der Waals surface area contributed by atoms with Crippen molar-refractivity contribution in [3.05, 3.63) is 102 Å². The molecule has 0 aliphatic heterocycles. The zero-order valence-corrected chi connectivity index (χ0v) is 17.0. The van der Waals surface area contributed by atoms with Gasteiger partial charge < -0.3 is 9.64 Å². The first-order valence-electron chi connectivity index (χ1n) is 10.0. The van der Waals surface area contributed by atoms with Gasteiger partial charge in [0.05, 0.1) is 0 Å². The Morgan fingerprint density at radius 1 is 0.931 bits per heavy atom. The van der Waals surface area contributed by atoms with Crippen LogP contribution in [0.4, 0.5) is 0 Å². The van der Waals surface area contributed by atoms with Crippen LogP contribution in [0.2, 0.25) is 0 Å². The number of hydrogen-bond acceptors (Lipinski definition) is 2. The molecular formula is C26H27NO2. The van der Waals surface area contributed by atoms with E-state index in [1.807, 2.05) is 95.9 Å². The molecule has 3 rings (SSSR count). The van der Waals surface area contributed by atoms with Crippen LogP contribution in [0.5, 0.6) is 11.5 Å². The van der Waals surface area contributed by atoms with Crippen molar-refractivity contribution in [2.75, 3.05) is 0 Å². The highest BCUT2D eigenvalue weighted by Crippen LogP contribution is 2.23. The molecule has 0 saturated heterocycles. The van der Waals surface area contributed by atoms with Crippen molar-refractivity contribution in [2.24, 2.45) is 0 Å². The highest BCUT2D eigenvalue weighted by atomic mass is 16.5. The van der Waals surface area contributed by atoms with Crippen molar-refractivity contribution in [2.45, 2.75) is 32.9 Å². The topological polar surface area (TPSA) is 29.5 Å². The Hall–Kier alpha value is -3.33. The van der Waals surface area contributed by atoms with Crippen molar-refractivity contribution in [3.8, 4) is 11.5 Å². The second-order valence-electron chi connectivity index (χ2n) is 7.03. The summed E-state index contributed by atoms with van der Waals surface area (Å²) in [4.78, 5) is 14.8. The van der Waals surface area contributed by atoms with Gasteiger partial charge in [0.1, 0.15) is 11.5 Å². The third kappa shape index (κ3) is 6.08. The maximum Gasteiger partial charge on any atom is 0.247 e. The van der Waals surface area contributed by atoms with Crippen LogP contribution in [-0.2, 0) is 11.3 Å². The Morgan fingerprint density at radius 3 is 2.28 bits per heavy atom. The third-order valence-corrected chi connectivity index (χ3v) is 4.85. The summed E-state index contributed by atoms with van der Waals surface area (Å²) in [5.74, 6) is 1.58. The molecule has 148 valence electrons. The predicted octanol–water partition coefficient (Wildman–Crippen LogP) is 6.32. The lowest BCUT2D eigenvalue weighted by Crippen LogP contribution is -2.36. The van der Waals surface area contributed by atoms with Gasteiger partial charge in [0, 0.05) is 18.7 Å². The molecule has 3 aromatic carbocycles. The second kappa shape index (κ2) is 10.3. The van der Waals surface area contributed by atoms with Gasteiger partial charge in [0.2, 0.25) is 5.91 Å². The number of benzene rings is 3. The van der Waals surface area contributed by atoms with Crippen molar-refractivity contribution >= 4 is 12.0 Å². The number of para-hydroxylation sites is 1.